The Morgan fingerprint density at radius 2 is 2.00 bits per heavy atom. The molecule has 74 valence electrons. The molecule has 0 N–H and O–H groups in total. The highest BCUT2D eigenvalue weighted by Crippen LogP contribution is 2.28. The number of hydrogen-bond donors (Lipinski definition) is 0. The molecule has 0 aliphatic heterocycles. The van der Waals surface area contributed by atoms with E-state index in [0.717, 1.165) is 19.1 Å². The topological polar surface area (TPSA) is 26.3 Å². The fraction of sp³-hybridized carbons (Fsp3) is 0.417. The Hall–Kier alpha value is -1.15. The summed E-state index contributed by atoms with van der Waals surface area (Å²) in [7, 11) is 0. The van der Waals surface area contributed by atoms with Crippen LogP contribution in [-0.4, -0.2) is 12.4 Å². The predicted molar refractivity (Wildman–Crippen MR) is 53.8 cm³/mol. The molecule has 0 amide bonds. The molecule has 0 bridgehead atoms. The Kier molecular flexibility index (Phi) is 2.94. The third-order valence-electron chi connectivity index (χ3n) is 2.65. The van der Waals surface area contributed by atoms with Crippen molar-refractivity contribution in [2.24, 2.45) is 5.92 Å². The first-order valence-corrected chi connectivity index (χ1v) is 4.99. The van der Waals surface area contributed by atoms with E-state index in [1.54, 1.807) is 0 Å². The van der Waals surface area contributed by atoms with Gasteiger partial charge in [0.2, 0.25) is 0 Å². The molecule has 0 aromatic heterocycles. The van der Waals surface area contributed by atoms with E-state index in [-0.39, 0.29) is 5.92 Å². The van der Waals surface area contributed by atoms with Crippen molar-refractivity contribution in [3.8, 4) is 0 Å². The van der Waals surface area contributed by atoms with Gasteiger partial charge in [-0.25, -0.2) is 0 Å². The highest BCUT2D eigenvalue weighted by Gasteiger charge is 2.29. The van der Waals surface area contributed by atoms with Crippen LogP contribution in [0, 0.1) is 5.92 Å². The van der Waals surface area contributed by atoms with Gasteiger partial charge in [0.05, 0.1) is 12.7 Å². The average molecular weight is 190 g/mol. The number of aldehydes is 1. The smallest absolute Gasteiger partial charge is 0.123 e. The normalized spacial score (nSPS) is 25.4. The molecule has 2 heteroatoms. The predicted octanol–water partition coefficient (Wildman–Crippen LogP) is 2.18. The molecular formula is C12H14O2. The minimum absolute atomic E-state index is 0.246. The number of benzene rings is 1. The Morgan fingerprint density at radius 3 is 2.64 bits per heavy atom. The van der Waals surface area contributed by atoms with Gasteiger partial charge in [-0.3, -0.25) is 0 Å². The van der Waals surface area contributed by atoms with Gasteiger partial charge in [-0.1, -0.05) is 30.3 Å². The third-order valence-corrected chi connectivity index (χ3v) is 2.65. The van der Waals surface area contributed by atoms with E-state index < -0.39 is 0 Å². The summed E-state index contributed by atoms with van der Waals surface area (Å²) in [6.07, 6.45) is 3.13. The first-order valence-electron chi connectivity index (χ1n) is 4.99. The van der Waals surface area contributed by atoms with Gasteiger partial charge in [-0.05, 0) is 18.4 Å². The van der Waals surface area contributed by atoms with Crippen LogP contribution in [-0.2, 0) is 16.1 Å². The second kappa shape index (κ2) is 4.38. The largest absolute Gasteiger partial charge is 0.373 e. The van der Waals surface area contributed by atoms with Crippen LogP contribution in [0.15, 0.2) is 30.3 Å². The molecule has 0 heterocycles. The summed E-state index contributed by atoms with van der Waals surface area (Å²) in [6, 6.07) is 10.1. The zero-order valence-corrected chi connectivity index (χ0v) is 8.06. The molecule has 1 aromatic carbocycles. The number of hydrogen-bond acceptors (Lipinski definition) is 2. The van der Waals surface area contributed by atoms with E-state index in [9.17, 15) is 4.79 Å². The van der Waals surface area contributed by atoms with Crippen LogP contribution in [0.2, 0.25) is 0 Å². The maximum absolute atomic E-state index is 10.4. The number of rotatable bonds is 4. The second-order valence-electron chi connectivity index (χ2n) is 3.79. The van der Waals surface area contributed by atoms with E-state index >= 15 is 0 Å². The third kappa shape index (κ3) is 2.20. The zero-order valence-electron chi connectivity index (χ0n) is 8.06. The lowest BCUT2D eigenvalue weighted by Crippen LogP contribution is -2.31. The molecule has 2 rings (SSSR count). The second-order valence-corrected chi connectivity index (χ2v) is 3.79. The van der Waals surface area contributed by atoms with E-state index in [2.05, 4.69) is 12.1 Å². The Balaban J connectivity index is 1.72. The van der Waals surface area contributed by atoms with Gasteiger partial charge in [0, 0.05) is 5.92 Å². The summed E-state index contributed by atoms with van der Waals surface area (Å²) >= 11 is 0. The zero-order chi connectivity index (χ0) is 9.80. The average Bonchev–Trinajstić information content (AvgIpc) is 2.17. The fourth-order valence-corrected chi connectivity index (χ4v) is 1.64. The minimum atomic E-state index is 0.246. The van der Waals surface area contributed by atoms with Gasteiger partial charge < -0.3 is 9.53 Å². The molecule has 0 unspecified atom stereocenters. The molecule has 14 heavy (non-hydrogen) atoms. The van der Waals surface area contributed by atoms with Gasteiger partial charge >= 0.3 is 0 Å². The molecule has 1 fully saturated rings. The molecule has 0 saturated heterocycles. The van der Waals surface area contributed by atoms with Gasteiger partial charge in [0.15, 0.2) is 0 Å². The van der Waals surface area contributed by atoms with Crippen LogP contribution < -0.4 is 0 Å². The van der Waals surface area contributed by atoms with Crippen LogP contribution >= 0.6 is 0 Å². The number of carbonyl (C=O) groups is 1. The minimum Gasteiger partial charge on any atom is -0.373 e. The van der Waals surface area contributed by atoms with E-state index in [0.29, 0.717) is 12.7 Å². The van der Waals surface area contributed by atoms with Crippen LogP contribution in [0.3, 0.4) is 0 Å². The molecular weight excluding hydrogens is 176 g/mol. The van der Waals surface area contributed by atoms with Crippen molar-refractivity contribution in [1.82, 2.24) is 0 Å². The van der Waals surface area contributed by atoms with Crippen molar-refractivity contribution in [3.63, 3.8) is 0 Å². The van der Waals surface area contributed by atoms with Crippen molar-refractivity contribution >= 4 is 6.29 Å². The van der Waals surface area contributed by atoms with Gasteiger partial charge in [-0.2, -0.15) is 0 Å². The van der Waals surface area contributed by atoms with Gasteiger partial charge in [0.1, 0.15) is 6.29 Å². The maximum Gasteiger partial charge on any atom is 0.123 e. The summed E-state index contributed by atoms with van der Waals surface area (Å²) in [5.74, 6) is 0.246. The van der Waals surface area contributed by atoms with Crippen molar-refractivity contribution in [2.45, 2.75) is 25.6 Å². The summed E-state index contributed by atoms with van der Waals surface area (Å²) in [5.41, 5.74) is 1.20. The summed E-state index contributed by atoms with van der Waals surface area (Å²) < 4.78 is 5.64. The molecule has 1 aliphatic rings. The van der Waals surface area contributed by atoms with Crippen LogP contribution in [0.1, 0.15) is 18.4 Å². The lowest BCUT2D eigenvalue weighted by atomic mass is 9.83. The fourth-order valence-electron chi connectivity index (χ4n) is 1.64. The van der Waals surface area contributed by atoms with Crippen molar-refractivity contribution in [2.75, 3.05) is 0 Å². The summed E-state index contributed by atoms with van der Waals surface area (Å²) in [5, 5.41) is 0. The van der Waals surface area contributed by atoms with Gasteiger partial charge in [-0.15, -0.1) is 0 Å². The number of carbonyl (C=O) groups excluding carboxylic acids is 1. The molecule has 1 aromatic rings. The lowest BCUT2D eigenvalue weighted by molar-refractivity contribution is -0.120. The molecule has 0 spiro atoms. The molecule has 0 radical (unpaired) electrons. The van der Waals surface area contributed by atoms with Gasteiger partial charge in [0.25, 0.3) is 0 Å². The lowest BCUT2D eigenvalue weighted by Gasteiger charge is -2.31. The molecule has 2 nitrogen and oxygen atoms in total. The molecule has 1 aliphatic carbocycles. The summed E-state index contributed by atoms with van der Waals surface area (Å²) in [6.45, 7) is 0.664. The van der Waals surface area contributed by atoms with Crippen LogP contribution in [0.25, 0.3) is 0 Å². The maximum atomic E-state index is 10.4. The van der Waals surface area contributed by atoms with Crippen molar-refractivity contribution in [3.05, 3.63) is 35.9 Å². The summed E-state index contributed by atoms with van der Waals surface area (Å²) in [4.78, 5) is 10.4. The van der Waals surface area contributed by atoms with Crippen LogP contribution in [0.5, 0.6) is 0 Å². The first-order chi connectivity index (χ1) is 6.88. The van der Waals surface area contributed by atoms with Crippen molar-refractivity contribution < 1.29 is 9.53 Å². The Morgan fingerprint density at radius 1 is 1.29 bits per heavy atom. The molecule has 1 saturated carbocycles. The van der Waals surface area contributed by atoms with E-state index in [1.165, 1.54) is 5.56 Å². The Labute approximate surface area is 83.9 Å². The van der Waals surface area contributed by atoms with Crippen molar-refractivity contribution in [1.29, 1.82) is 0 Å². The van der Waals surface area contributed by atoms with Crippen LogP contribution in [0.4, 0.5) is 0 Å². The SMILES string of the molecule is O=C[C@H]1C[C@H](OCc2ccccc2)C1. The standard InChI is InChI=1S/C12H14O2/c13-8-11-6-12(7-11)14-9-10-4-2-1-3-5-10/h1-5,8,11-12H,6-7,9H2/t11-,12-. The highest BCUT2D eigenvalue weighted by atomic mass is 16.5. The Bertz CT molecular complexity index is 288. The first kappa shape index (κ1) is 9.41. The monoisotopic (exact) mass is 190 g/mol. The quantitative estimate of drug-likeness (QED) is 0.680. The van der Waals surface area contributed by atoms with E-state index in [1.807, 2.05) is 18.2 Å². The molecule has 0 atom stereocenters. The number of ether oxygens (including phenoxy) is 1. The van der Waals surface area contributed by atoms with E-state index in [4.69, 9.17) is 4.74 Å². The highest BCUT2D eigenvalue weighted by molar-refractivity contribution is 5.55.